The Morgan fingerprint density at radius 3 is 2.35 bits per heavy atom. The zero-order valence-corrected chi connectivity index (χ0v) is 26.8. The summed E-state index contributed by atoms with van der Waals surface area (Å²) in [5, 5.41) is 26.1. The maximum Gasteiger partial charge on any atom is 0.573 e. The third-order valence-corrected chi connectivity index (χ3v) is 8.36. The van der Waals surface area contributed by atoms with Crippen LogP contribution < -0.4 is 15.0 Å². The van der Waals surface area contributed by atoms with Crippen molar-refractivity contribution in [1.29, 1.82) is 0 Å². The summed E-state index contributed by atoms with van der Waals surface area (Å²) in [5.74, 6) is -2.30. The topological polar surface area (TPSA) is 151 Å². The number of hydrogen-bond acceptors (Lipinski definition) is 9. The maximum absolute atomic E-state index is 15.2. The van der Waals surface area contributed by atoms with E-state index in [1.165, 1.54) is 47.4 Å². The van der Waals surface area contributed by atoms with E-state index in [0.29, 0.717) is 23.0 Å². The van der Waals surface area contributed by atoms with Crippen LogP contribution in [0.5, 0.6) is 5.75 Å². The van der Waals surface area contributed by atoms with Crippen molar-refractivity contribution in [1.82, 2.24) is 14.8 Å². The third kappa shape index (κ3) is 8.82. The van der Waals surface area contributed by atoms with Crippen molar-refractivity contribution in [2.75, 3.05) is 30.0 Å². The normalized spacial score (nSPS) is 15.5. The van der Waals surface area contributed by atoms with Crippen LogP contribution >= 0.6 is 11.8 Å². The first kappa shape index (κ1) is 37.2. The van der Waals surface area contributed by atoms with E-state index in [2.05, 4.69) is 25.1 Å². The van der Waals surface area contributed by atoms with E-state index in [-0.39, 0.29) is 33.5 Å². The van der Waals surface area contributed by atoms with E-state index in [4.69, 9.17) is 4.74 Å². The standard InChI is InChI=1S/C31H25F7N6O6S/c1-17-2-3-19(12-49-15-30(33,34)35)24(10-17)44-26(47)29(13-45,14-46)51-28(44)41-27(48)40-23-9-4-18(11-22(23)32)25-39-16-43(42-25)20-5-7-21(8-6-20)50-31(36,37)38/h2-11,16,45-46H,12-15H2,1H3,(H,40,48). The first-order valence-electron chi connectivity index (χ1n) is 14.5. The summed E-state index contributed by atoms with van der Waals surface area (Å²) in [4.78, 5) is 35.4. The Bertz CT molecular complexity index is 1950. The maximum atomic E-state index is 15.2. The number of hydrogen-bond donors (Lipinski definition) is 3. The van der Waals surface area contributed by atoms with Gasteiger partial charge in [0.15, 0.2) is 11.0 Å². The molecular weight excluding hydrogens is 717 g/mol. The van der Waals surface area contributed by atoms with Crippen molar-refractivity contribution in [3.63, 3.8) is 0 Å². The van der Waals surface area contributed by atoms with Crippen LogP contribution in [-0.4, -0.2) is 79.2 Å². The van der Waals surface area contributed by atoms with Gasteiger partial charge in [-0.25, -0.2) is 18.9 Å². The highest BCUT2D eigenvalue weighted by molar-refractivity contribution is 8.17. The lowest BCUT2D eigenvalue weighted by Gasteiger charge is -2.23. The van der Waals surface area contributed by atoms with Crippen LogP contribution in [0, 0.1) is 12.7 Å². The second-order valence-corrected chi connectivity index (χ2v) is 12.2. The number of thioether (sulfide) groups is 1. The summed E-state index contributed by atoms with van der Waals surface area (Å²) in [6.07, 6.45) is -8.25. The monoisotopic (exact) mass is 742 g/mol. The fourth-order valence-corrected chi connectivity index (χ4v) is 5.73. The molecule has 20 heteroatoms. The van der Waals surface area contributed by atoms with E-state index < -0.39 is 67.2 Å². The summed E-state index contributed by atoms with van der Waals surface area (Å²) in [6.45, 7) is -2.33. The Kier molecular flexibility index (Phi) is 10.7. The molecule has 1 aliphatic heterocycles. The molecule has 2 heterocycles. The number of amides is 3. The summed E-state index contributed by atoms with van der Waals surface area (Å²) < 4.78 is 98.7. The van der Waals surface area contributed by atoms with Crippen molar-refractivity contribution in [3.8, 4) is 22.8 Å². The number of ether oxygens (including phenoxy) is 2. The van der Waals surface area contributed by atoms with Gasteiger partial charge in [-0.05, 0) is 61.0 Å². The van der Waals surface area contributed by atoms with Gasteiger partial charge in [0.1, 0.15) is 29.2 Å². The van der Waals surface area contributed by atoms with Crippen LogP contribution in [0.25, 0.3) is 17.1 Å². The van der Waals surface area contributed by atoms with E-state index >= 15 is 4.39 Å². The summed E-state index contributed by atoms with van der Waals surface area (Å²) in [7, 11) is 0. The summed E-state index contributed by atoms with van der Waals surface area (Å²) in [6, 6.07) is 11.5. The molecule has 0 spiro atoms. The van der Waals surface area contributed by atoms with Crippen LogP contribution in [-0.2, 0) is 16.1 Å². The van der Waals surface area contributed by atoms with Gasteiger partial charge in [-0.3, -0.25) is 9.69 Å². The van der Waals surface area contributed by atoms with E-state index in [9.17, 15) is 46.1 Å². The van der Waals surface area contributed by atoms with E-state index in [1.807, 2.05) is 0 Å². The number of halogens is 7. The molecule has 0 aliphatic carbocycles. The van der Waals surface area contributed by atoms with Crippen molar-refractivity contribution in [2.45, 2.75) is 30.8 Å². The lowest BCUT2D eigenvalue weighted by molar-refractivity contribution is -0.274. The highest BCUT2D eigenvalue weighted by Gasteiger charge is 2.52. The number of alkyl halides is 6. The van der Waals surface area contributed by atoms with Gasteiger partial charge >= 0.3 is 18.6 Å². The summed E-state index contributed by atoms with van der Waals surface area (Å²) >= 11 is 0.533. The van der Waals surface area contributed by atoms with Crippen LogP contribution in [0.4, 0.5) is 46.9 Å². The molecule has 3 N–H and O–H groups in total. The number of carbonyl (C=O) groups is 2. The van der Waals surface area contributed by atoms with Crippen molar-refractivity contribution in [3.05, 3.63) is 83.9 Å². The van der Waals surface area contributed by atoms with Crippen LogP contribution in [0.3, 0.4) is 0 Å². The molecular formula is C31H25F7N6O6S. The van der Waals surface area contributed by atoms with Gasteiger partial charge in [0.05, 0.1) is 36.9 Å². The highest BCUT2D eigenvalue weighted by atomic mass is 32.2. The Balaban J connectivity index is 1.36. The minimum atomic E-state index is -4.86. The predicted octanol–water partition coefficient (Wildman–Crippen LogP) is 5.75. The minimum Gasteiger partial charge on any atom is -0.406 e. The number of amidine groups is 1. The third-order valence-electron chi connectivity index (χ3n) is 7.08. The Hall–Kier alpha value is -5.05. The number of nitrogens with one attached hydrogen (secondary N) is 1. The van der Waals surface area contributed by atoms with Crippen molar-refractivity contribution >= 4 is 40.2 Å². The summed E-state index contributed by atoms with van der Waals surface area (Å²) in [5.41, 5.74) is 0.766. The minimum absolute atomic E-state index is 0.0157. The molecule has 1 aromatic heterocycles. The first-order valence-corrected chi connectivity index (χ1v) is 15.3. The SMILES string of the molecule is Cc1ccc(COCC(F)(F)F)c(N2C(=O)C(CO)(CO)SC2=NC(=O)Nc2ccc(-c3ncn(-c4ccc(OC(F)(F)F)cc4)n3)cc2F)c1. The van der Waals surface area contributed by atoms with Gasteiger partial charge in [0.2, 0.25) is 0 Å². The second kappa shape index (κ2) is 14.7. The number of aliphatic hydroxyl groups excluding tert-OH is 2. The molecule has 12 nitrogen and oxygen atoms in total. The average molecular weight is 743 g/mol. The molecule has 4 aromatic rings. The predicted molar refractivity (Wildman–Crippen MR) is 169 cm³/mol. The molecule has 1 saturated heterocycles. The Morgan fingerprint density at radius 2 is 1.73 bits per heavy atom. The lowest BCUT2D eigenvalue weighted by atomic mass is 10.1. The van der Waals surface area contributed by atoms with Gasteiger partial charge < -0.3 is 25.0 Å². The molecule has 0 bridgehead atoms. The first-order chi connectivity index (χ1) is 24.0. The number of aliphatic hydroxyl groups is 2. The average Bonchev–Trinajstić information content (AvgIpc) is 3.65. The molecule has 0 unspecified atom stereocenters. The molecule has 1 fully saturated rings. The molecule has 0 saturated carbocycles. The number of aromatic nitrogens is 3. The highest BCUT2D eigenvalue weighted by Crippen LogP contribution is 2.41. The number of benzene rings is 3. The smallest absolute Gasteiger partial charge is 0.406 e. The number of nitrogens with zero attached hydrogens (tertiary/aromatic N) is 5. The van der Waals surface area contributed by atoms with Gasteiger partial charge in [0.25, 0.3) is 5.91 Å². The van der Waals surface area contributed by atoms with Gasteiger partial charge in [-0.2, -0.15) is 18.2 Å². The molecule has 3 amide bonds. The number of aryl methyl sites for hydroxylation is 1. The van der Waals surface area contributed by atoms with Crippen LogP contribution in [0.1, 0.15) is 11.1 Å². The van der Waals surface area contributed by atoms with Gasteiger partial charge in [-0.15, -0.1) is 18.3 Å². The second-order valence-electron chi connectivity index (χ2n) is 10.9. The van der Waals surface area contributed by atoms with Gasteiger partial charge in [-0.1, -0.05) is 23.9 Å². The molecule has 270 valence electrons. The number of aliphatic imine (C=N–C) groups is 1. The molecule has 5 rings (SSSR count). The number of rotatable bonds is 10. The van der Waals surface area contributed by atoms with Crippen LogP contribution in [0.15, 0.2) is 72.0 Å². The Morgan fingerprint density at radius 1 is 1.02 bits per heavy atom. The molecule has 0 radical (unpaired) electrons. The largest absolute Gasteiger partial charge is 0.573 e. The Labute approximate surface area is 287 Å². The number of urea groups is 1. The molecule has 3 aromatic carbocycles. The number of carbonyl (C=O) groups excluding carboxylic acids is 2. The lowest BCUT2D eigenvalue weighted by Crippen LogP contribution is -2.45. The zero-order valence-electron chi connectivity index (χ0n) is 26.0. The molecule has 51 heavy (non-hydrogen) atoms. The fraction of sp³-hybridized carbons (Fsp3) is 0.258. The molecule has 1 aliphatic rings. The quantitative estimate of drug-likeness (QED) is 0.173. The molecule has 0 atom stereocenters. The van der Waals surface area contributed by atoms with Crippen LogP contribution in [0.2, 0.25) is 0 Å². The van der Waals surface area contributed by atoms with E-state index in [0.717, 1.165) is 23.1 Å². The van der Waals surface area contributed by atoms with Gasteiger partial charge in [0, 0.05) is 11.1 Å². The van der Waals surface area contributed by atoms with E-state index in [1.54, 1.807) is 13.0 Å². The fourth-order valence-electron chi connectivity index (χ4n) is 4.68. The number of anilines is 2. The van der Waals surface area contributed by atoms with Crippen molar-refractivity contribution < 1.29 is 60.0 Å². The zero-order chi connectivity index (χ0) is 37.1. The van der Waals surface area contributed by atoms with Crippen molar-refractivity contribution in [2.24, 2.45) is 4.99 Å².